The summed E-state index contributed by atoms with van der Waals surface area (Å²) in [4.78, 5) is 16.2. The van der Waals surface area contributed by atoms with Crippen LogP contribution in [0.1, 0.15) is 31.4 Å². The zero-order valence-electron chi connectivity index (χ0n) is 11.1. The second kappa shape index (κ2) is 4.80. The molecule has 0 aliphatic carbocycles. The molecule has 18 heavy (non-hydrogen) atoms. The van der Waals surface area contributed by atoms with Crippen molar-refractivity contribution in [1.82, 2.24) is 10.6 Å². The molecule has 4 nitrogen and oxygen atoms in total. The van der Waals surface area contributed by atoms with E-state index in [-0.39, 0.29) is 5.91 Å². The summed E-state index contributed by atoms with van der Waals surface area (Å²) in [6, 6.07) is 8.19. The summed E-state index contributed by atoms with van der Waals surface area (Å²) >= 11 is 0. The van der Waals surface area contributed by atoms with E-state index in [4.69, 9.17) is 0 Å². The summed E-state index contributed by atoms with van der Waals surface area (Å²) in [7, 11) is 1.66. The first-order valence-electron chi connectivity index (χ1n) is 6.32. The summed E-state index contributed by atoms with van der Waals surface area (Å²) in [5.41, 5.74) is 1.58. The number of carbonyl (C=O) groups excluding carboxylic acids is 1. The normalized spacial score (nSPS) is 25.1. The third-order valence-electron chi connectivity index (χ3n) is 3.56. The first kappa shape index (κ1) is 12.6. The van der Waals surface area contributed by atoms with Gasteiger partial charge in [-0.05, 0) is 24.0 Å². The van der Waals surface area contributed by atoms with Crippen molar-refractivity contribution in [3.05, 3.63) is 35.4 Å². The van der Waals surface area contributed by atoms with Crippen molar-refractivity contribution in [1.29, 1.82) is 0 Å². The molecule has 0 radical (unpaired) electrons. The largest absolute Gasteiger partial charge is 0.338 e. The molecule has 1 unspecified atom stereocenters. The Balaban J connectivity index is 2.40. The number of guanidine groups is 1. The Bertz CT molecular complexity index is 478. The van der Waals surface area contributed by atoms with E-state index in [0.29, 0.717) is 12.4 Å². The van der Waals surface area contributed by atoms with Gasteiger partial charge in [-0.3, -0.25) is 15.1 Å². The average molecular weight is 245 g/mol. The summed E-state index contributed by atoms with van der Waals surface area (Å²) in [5, 5.41) is 5.97. The van der Waals surface area contributed by atoms with Crippen LogP contribution in [0.2, 0.25) is 0 Å². The maximum atomic E-state index is 12.2. The van der Waals surface area contributed by atoms with E-state index in [1.807, 2.05) is 19.1 Å². The predicted octanol–water partition coefficient (Wildman–Crippen LogP) is 1.56. The molecule has 0 spiro atoms. The maximum absolute atomic E-state index is 12.2. The molecule has 4 heteroatoms. The van der Waals surface area contributed by atoms with E-state index < -0.39 is 5.54 Å². The van der Waals surface area contributed by atoms with Crippen LogP contribution in [0.25, 0.3) is 0 Å². The molecule has 1 atom stereocenters. The SMILES string of the molecule is CCc1ccc(C2(CC)NC(=NC)NC2=O)cc1. The molecular weight excluding hydrogens is 226 g/mol. The zero-order chi connectivity index (χ0) is 13.2. The summed E-state index contributed by atoms with van der Waals surface area (Å²) in [5.74, 6) is 0.510. The summed E-state index contributed by atoms with van der Waals surface area (Å²) in [6.07, 6.45) is 1.68. The van der Waals surface area contributed by atoms with Gasteiger partial charge in [-0.1, -0.05) is 38.1 Å². The van der Waals surface area contributed by atoms with Gasteiger partial charge < -0.3 is 5.32 Å². The zero-order valence-corrected chi connectivity index (χ0v) is 11.1. The predicted molar refractivity (Wildman–Crippen MR) is 72.4 cm³/mol. The molecule has 1 heterocycles. The van der Waals surface area contributed by atoms with E-state index in [1.165, 1.54) is 5.56 Å². The molecule has 1 aliphatic heterocycles. The number of rotatable bonds is 3. The Kier molecular flexibility index (Phi) is 3.36. The van der Waals surface area contributed by atoms with Crippen LogP contribution < -0.4 is 10.6 Å². The molecule has 1 fully saturated rings. The number of hydrogen-bond donors (Lipinski definition) is 2. The van der Waals surface area contributed by atoms with Crippen molar-refractivity contribution >= 4 is 11.9 Å². The Morgan fingerprint density at radius 3 is 2.33 bits per heavy atom. The van der Waals surface area contributed by atoms with Crippen molar-refractivity contribution in [3.8, 4) is 0 Å². The highest BCUT2D eigenvalue weighted by Crippen LogP contribution is 2.28. The molecule has 1 amide bonds. The van der Waals surface area contributed by atoms with Gasteiger partial charge in [0.25, 0.3) is 5.91 Å². The van der Waals surface area contributed by atoms with E-state index >= 15 is 0 Å². The number of hydrogen-bond acceptors (Lipinski definition) is 2. The van der Waals surface area contributed by atoms with Crippen LogP contribution in [0, 0.1) is 0 Å². The van der Waals surface area contributed by atoms with Gasteiger partial charge >= 0.3 is 0 Å². The van der Waals surface area contributed by atoms with Crippen molar-refractivity contribution in [2.45, 2.75) is 32.2 Å². The molecule has 1 aromatic carbocycles. The molecule has 0 aromatic heterocycles. The van der Waals surface area contributed by atoms with Crippen LogP contribution in [-0.2, 0) is 16.8 Å². The second-order valence-electron chi connectivity index (χ2n) is 4.46. The van der Waals surface area contributed by atoms with Gasteiger partial charge in [0.1, 0.15) is 5.54 Å². The number of carbonyl (C=O) groups is 1. The minimum absolute atomic E-state index is 0.0325. The van der Waals surface area contributed by atoms with E-state index in [9.17, 15) is 4.79 Å². The standard InChI is InChI=1S/C14H19N3O/c1-4-10-6-8-11(9-7-10)14(5-2)12(18)16-13(15-3)17-14/h6-9H,4-5H2,1-3H3,(H2,15,16,17,18). The smallest absolute Gasteiger partial charge is 0.257 e. The van der Waals surface area contributed by atoms with Crippen LogP contribution in [0.4, 0.5) is 0 Å². The first-order valence-corrected chi connectivity index (χ1v) is 6.32. The van der Waals surface area contributed by atoms with Gasteiger partial charge in [-0.15, -0.1) is 0 Å². The number of aryl methyl sites for hydroxylation is 1. The van der Waals surface area contributed by atoms with Crippen molar-refractivity contribution in [2.24, 2.45) is 4.99 Å². The lowest BCUT2D eigenvalue weighted by Crippen LogP contribution is -2.43. The molecule has 1 aromatic rings. The van der Waals surface area contributed by atoms with E-state index in [1.54, 1.807) is 7.05 Å². The molecular formula is C14H19N3O. The topological polar surface area (TPSA) is 53.5 Å². The third-order valence-corrected chi connectivity index (χ3v) is 3.56. The highest BCUT2D eigenvalue weighted by Gasteiger charge is 2.44. The quantitative estimate of drug-likeness (QED) is 0.849. The van der Waals surface area contributed by atoms with E-state index in [2.05, 4.69) is 34.7 Å². The van der Waals surface area contributed by atoms with Crippen molar-refractivity contribution < 1.29 is 4.79 Å². The van der Waals surface area contributed by atoms with Crippen LogP contribution >= 0.6 is 0 Å². The number of nitrogens with one attached hydrogen (secondary N) is 2. The minimum atomic E-state index is -0.679. The van der Waals surface area contributed by atoms with Gasteiger partial charge in [-0.25, -0.2) is 0 Å². The first-order chi connectivity index (χ1) is 8.66. The van der Waals surface area contributed by atoms with Gasteiger partial charge in [-0.2, -0.15) is 0 Å². The Hall–Kier alpha value is -1.84. The molecule has 1 saturated heterocycles. The van der Waals surface area contributed by atoms with Crippen LogP contribution in [0.3, 0.4) is 0 Å². The number of amides is 1. The van der Waals surface area contributed by atoms with Crippen LogP contribution in [-0.4, -0.2) is 18.9 Å². The molecule has 0 bridgehead atoms. The van der Waals surface area contributed by atoms with Crippen LogP contribution in [0.5, 0.6) is 0 Å². The molecule has 0 saturated carbocycles. The fourth-order valence-corrected chi connectivity index (χ4v) is 2.30. The average Bonchev–Trinajstić information content (AvgIpc) is 2.76. The number of aliphatic imine (C=N–C) groups is 1. The Morgan fingerprint density at radius 2 is 1.89 bits per heavy atom. The monoisotopic (exact) mass is 245 g/mol. The fourth-order valence-electron chi connectivity index (χ4n) is 2.30. The van der Waals surface area contributed by atoms with E-state index in [0.717, 1.165) is 12.0 Å². The highest BCUT2D eigenvalue weighted by molar-refractivity contribution is 6.09. The summed E-state index contributed by atoms with van der Waals surface area (Å²) < 4.78 is 0. The van der Waals surface area contributed by atoms with Gasteiger partial charge in [0.05, 0.1) is 0 Å². The second-order valence-corrected chi connectivity index (χ2v) is 4.46. The lowest BCUT2D eigenvalue weighted by Gasteiger charge is -2.25. The number of benzene rings is 1. The molecule has 2 N–H and O–H groups in total. The van der Waals surface area contributed by atoms with Crippen LogP contribution in [0.15, 0.2) is 29.3 Å². The minimum Gasteiger partial charge on any atom is -0.338 e. The third kappa shape index (κ3) is 1.88. The Morgan fingerprint density at radius 1 is 1.22 bits per heavy atom. The lowest BCUT2D eigenvalue weighted by atomic mass is 9.87. The summed E-state index contributed by atoms with van der Waals surface area (Å²) in [6.45, 7) is 4.12. The number of nitrogens with zero attached hydrogens (tertiary/aromatic N) is 1. The molecule has 96 valence electrons. The van der Waals surface area contributed by atoms with Gasteiger partial charge in [0, 0.05) is 7.05 Å². The Labute approximate surface area is 108 Å². The fraction of sp³-hybridized carbons (Fsp3) is 0.429. The molecule has 2 rings (SSSR count). The van der Waals surface area contributed by atoms with Gasteiger partial charge in [0.2, 0.25) is 0 Å². The molecule has 1 aliphatic rings. The highest BCUT2D eigenvalue weighted by atomic mass is 16.2. The van der Waals surface area contributed by atoms with Gasteiger partial charge in [0.15, 0.2) is 5.96 Å². The maximum Gasteiger partial charge on any atom is 0.257 e. The van der Waals surface area contributed by atoms with Crippen molar-refractivity contribution in [3.63, 3.8) is 0 Å². The lowest BCUT2D eigenvalue weighted by molar-refractivity contribution is -0.124. The van der Waals surface area contributed by atoms with Crippen molar-refractivity contribution in [2.75, 3.05) is 7.05 Å².